The molecule has 0 bridgehead atoms. The van der Waals surface area contributed by atoms with Crippen LogP contribution in [0.25, 0.3) is 5.57 Å². The molecule has 2 aromatic carbocycles. The van der Waals surface area contributed by atoms with Crippen LogP contribution in [0.1, 0.15) is 11.1 Å². The van der Waals surface area contributed by atoms with Crippen LogP contribution in [0.3, 0.4) is 0 Å². The molecule has 34 heavy (non-hydrogen) atoms. The number of benzene rings is 2. The fraction of sp³-hybridized carbons (Fsp3) is 0.174. The average Bonchev–Trinajstić information content (AvgIpc) is 2.73. The molecule has 0 saturated carbocycles. The van der Waals surface area contributed by atoms with Crippen LogP contribution >= 0.6 is 0 Å². The van der Waals surface area contributed by atoms with Gasteiger partial charge in [0.05, 0.1) is 9.79 Å². The van der Waals surface area contributed by atoms with Crippen LogP contribution in [-0.4, -0.2) is 64.4 Å². The van der Waals surface area contributed by atoms with Gasteiger partial charge in [-0.2, -0.15) is 0 Å². The first-order chi connectivity index (χ1) is 15.3. The van der Waals surface area contributed by atoms with E-state index in [0.717, 1.165) is 17.5 Å². The van der Waals surface area contributed by atoms with Crippen LogP contribution in [0.15, 0.2) is 82.1 Å². The normalized spacial score (nSPS) is 13.5. The number of nitrogens with zero attached hydrogens (tertiary/aromatic N) is 2. The first-order valence-electron chi connectivity index (χ1n) is 9.78. The number of rotatable bonds is 5. The zero-order valence-corrected chi connectivity index (χ0v) is 23.1. The van der Waals surface area contributed by atoms with Crippen molar-refractivity contribution in [2.24, 2.45) is 0 Å². The molecule has 0 atom stereocenters. The van der Waals surface area contributed by atoms with Crippen molar-refractivity contribution in [3.05, 3.63) is 83.5 Å². The van der Waals surface area contributed by atoms with Gasteiger partial charge in [0.2, 0.25) is 0 Å². The number of hydrogen-bond acceptors (Lipinski definition) is 7. The molecule has 0 saturated heterocycles. The summed E-state index contributed by atoms with van der Waals surface area (Å²) in [4.78, 5) is 0.338. The summed E-state index contributed by atoms with van der Waals surface area (Å²) in [7, 11) is -2.56. The van der Waals surface area contributed by atoms with E-state index in [9.17, 15) is 25.9 Å². The summed E-state index contributed by atoms with van der Waals surface area (Å²) in [5, 5.41) is 0. The summed E-state index contributed by atoms with van der Waals surface area (Å²) >= 11 is 0. The number of anilines is 1. The molecule has 0 aromatic heterocycles. The standard InChI is InChI=1S/C23H24N2O6S2.Na/c1-24(2)18-9-5-16(6-10-18)23(17-7-11-19(12-8-17)25(3)4)21-14-13-20(32(26,27)28)15-22(21)33(29,30)31;/h5-15H,1-4H3,(H-,26,27,28,29,30,31);/q;+1/p-1. The van der Waals surface area contributed by atoms with Crippen LogP contribution in [0.5, 0.6) is 0 Å². The van der Waals surface area contributed by atoms with E-state index < -0.39 is 30.0 Å². The molecule has 0 aliphatic heterocycles. The van der Waals surface area contributed by atoms with Crippen molar-refractivity contribution in [2.45, 2.75) is 9.79 Å². The molecule has 3 rings (SSSR count). The smallest absolute Gasteiger partial charge is 0.744 e. The molecule has 1 aliphatic rings. The van der Waals surface area contributed by atoms with Crippen molar-refractivity contribution >= 4 is 37.2 Å². The molecular formula is C23H23N2NaO6S2. The molecule has 0 N–H and O–H groups in total. The first kappa shape index (κ1) is 28.2. The molecule has 11 heteroatoms. The maximum Gasteiger partial charge on any atom is 1.00 e. The van der Waals surface area contributed by atoms with E-state index in [-0.39, 0.29) is 35.1 Å². The Morgan fingerprint density at radius 1 is 0.824 bits per heavy atom. The van der Waals surface area contributed by atoms with Gasteiger partial charge in [-0.25, -0.2) is 21.4 Å². The molecule has 174 valence electrons. The van der Waals surface area contributed by atoms with Crippen molar-refractivity contribution in [3.8, 4) is 0 Å². The second kappa shape index (κ2) is 10.7. The Morgan fingerprint density at radius 3 is 1.82 bits per heavy atom. The number of allylic oxidation sites excluding steroid dienone is 5. The molecule has 0 fully saturated rings. The van der Waals surface area contributed by atoms with Gasteiger partial charge < -0.3 is 14.0 Å². The second-order valence-corrected chi connectivity index (χ2v) is 10.6. The fourth-order valence-corrected chi connectivity index (χ4v) is 4.68. The Morgan fingerprint density at radius 2 is 1.38 bits per heavy atom. The number of hydrogen-bond donors (Lipinski definition) is 0. The Labute approximate surface area is 222 Å². The van der Waals surface area contributed by atoms with Gasteiger partial charge in [0, 0.05) is 37.5 Å². The molecule has 2 aromatic rings. The SMILES string of the molecule is CN(C)c1ccc(C(=C2C=CC(=[N+](C)C)C=C2)c2ccc(S(=O)(=O)[O-])cc2S(=O)(=O)[O-])cc1.[Na+]. The molecule has 8 nitrogen and oxygen atoms in total. The van der Waals surface area contributed by atoms with Crippen molar-refractivity contribution in [1.29, 1.82) is 0 Å². The van der Waals surface area contributed by atoms with Gasteiger partial charge >= 0.3 is 29.6 Å². The summed E-state index contributed by atoms with van der Waals surface area (Å²) < 4.78 is 72.6. The summed E-state index contributed by atoms with van der Waals surface area (Å²) in [6.07, 6.45) is 7.24. The average molecular weight is 511 g/mol. The van der Waals surface area contributed by atoms with Crippen molar-refractivity contribution in [1.82, 2.24) is 0 Å². The van der Waals surface area contributed by atoms with E-state index in [1.165, 1.54) is 6.07 Å². The summed E-state index contributed by atoms with van der Waals surface area (Å²) in [5.74, 6) is 0. The zero-order valence-electron chi connectivity index (χ0n) is 19.5. The fourth-order valence-electron chi connectivity index (χ4n) is 3.40. The minimum absolute atomic E-state index is 0. The molecule has 0 spiro atoms. The minimum Gasteiger partial charge on any atom is -0.744 e. The van der Waals surface area contributed by atoms with Gasteiger partial charge in [-0.3, -0.25) is 0 Å². The van der Waals surface area contributed by atoms with E-state index in [1.54, 1.807) is 24.3 Å². The maximum atomic E-state index is 12.1. The Bertz CT molecular complexity index is 1410. The molecular weight excluding hydrogens is 487 g/mol. The Kier molecular flexibility index (Phi) is 8.87. The van der Waals surface area contributed by atoms with Crippen molar-refractivity contribution < 1.29 is 60.1 Å². The molecule has 1 aliphatic carbocycles. The van der Waals surface area contributed by atoms with Crippen molar-refractivity contribution in [2.75, 3.05) is 33.1 Å². The predicted octanol–water partition coefficient (Wildman–Crippen LogP) is -0.794. The van der Waals surface area contributed by atoms with Gasteiger partial charge in [0.1, 0.15) is 34.3 Å². The van der Waals surface area contributed by atoms with E-state index in [1.807, 2.05) is 62.0 Å². The molecule has 0 amide bonds. The van der Waals surface area contributed by atoms with E-state index >= 15 is 0 Å². The van der Waals surface area contributed by atoms with Crippen molar-refractivity contribution in [3.63, 3.8) is 0 Å². The minimum atomic E-state index is -5.11. The van der Waals surface area contributed by atoms with Gasteiger partial charge in [-0.15, -0.1) is 0 Å². The predicted molar refractivity (Wildman–Crippen MR) is 125 cm³/mol. The third-order valence-electron chi connectivity index (χ3n) is 5.13. The Balaban J connectivity index is 0.00000408. The quantitative estimate of drug-likeness (QED) is 0.294. The first-order valence-corrected chi connectivity index (χ1v) is 12.6. The summed E-state index contributed by atoms with van der Waals surface area (Å²) in [5.41, 5.74) is 3.46. The van der Waals surface area contributed by atoms with Crippen LogP contribution in [0.2, 0.25) is 0 Å². The maximum absolute atomic E-state index is 12.1. The van der Waals surface area contributed by atoms with Crippen LogP contribution in [0, 0.1) is 0 Å². The topological polar surface area (TPSA) is 121 Å². The van der Waals surface area contributed by atoms with Crippen LogP contribution < -0.4 is 34.5 Å². The van der Waals surface area contributed by atoms with Crippen LogP contribution in [0.4, 0.5) is 5.69 Å². The third-order valence-corrected chi connectivity index (χ3v) is 6.83. The van der Waals surface area contributed by atoms with Gasteiger partial charge in [0.15, 0.2) is 5.71 Å². The van der Waals surface area contributed by atoms with Gasteiger partial charge in [-0.1, -0.05) is 18.2 Å². The van der Waals surface area contributed by atoms with E-state index in [0.29, 0.717) is 22.8 Å². The van der Waals surface area contributed by atoms with E-state index in [2.05, 4.69) is 0 Å². The van der Waals surface area contributed by atoms with E-state index in [4.69, 9.17) is 0 Å². The van der Waals surface area contributed by atoms with Crippen LogP contribution in [-0.2, 0) is 20.2 Å². The largest absolute Gasteiger partial charge is 1.00 e. The summed E-state index contributed by atoms with van der Waals surface area (Å²) in [6, 6.07) is 10.1. The monoisotopic (exact) mass is 510 g/mol. The van der Waals surface area contributed by atoms with Gasteiger partial charge in [0.25, 0.3) is 0 Å². The zero-order chi connectivity index (χ0) is 24.6. The second-order valence-electron chi connectivity index (χ2n) is 7.82. The Hall–Kier alpha value is -2.05. The third kappa shape index (κ3) is 6.33. The molecule has 0 radical (unpaired) electrons. The summed E-state index contributed by atoms with van der Waals surface area (Å²) in [6.45, 7) is 0. The molecule has 0 heterocycles. The molecule has 0 unspecified atom stereocenters. The van der Waals surface area contributed by atoms with Gasteiger partial charge in [-0.05, 0) is 53.1 Å².